The topological polar surface area (TPSA) is 30.7 Å². The molecule has 0 spiro atoms. The molecule has 2 saturated carbocycles. The van der Waals surface area contributed by atoms with E-state index in [1.165, 1.54) is 57.2 Å². The molecule has 0 amide bonds. The second-order valence-electron chi connectivity index (χ2n) is 8.92. The lowest BCUT2D eigenvalue weighted by atomic mass is 9.55. The van der Waals surface area contributed by atoms with Crippen molar-refractivity contribution in [3.05, 3.63) is 12.2 Å². The zero-order valence-corrected chi connectivity index (χ0v) is 14.6. The molecule has 3 nitrogen and oxygen atoms in total. The molecule has 4 rings (SSSR count). The molecule has 2 saturated heterocycles. The van der Waals surface area contributed by atoms with Gasteiger partial charge in [0.15, 0.2) is 0 Å². The van der Waals surface area contributed by atoms with Crippen LogP contribution < -0.4 is 4.90 Å². The highest BCUT2D eigenvalue weighted by Crippen LogP contribution is 2.56. The summed E-state index contributed by atoms with van der Waals surface area (Å²) in [5.74, 6) is 1.31. The van der Waals surface area contributed by atoms with Crippen molar-refractivity contribution in [3.63, 3.8) is 0 Å². The lowest BCUT2D eigenvalue weighted by Crippen LogP contribution is -3.13. The van der Waals surface area contributed by atoms with Crippen molar-refractivity contribution in [2.45, 2.75) is 64.4 Å². The first-order chi connectivity index (χ1) is 11.1. The number of rotatable bonds is 2. The van der Waals surface area contributed by atoms with Gasteiger partial charge in [0, 0.05) is 5.92 Å². The number of esters is 1. The van der Waals surface area contributed by atoms with E-state index in [1.807, 2.05) is 0 Å². The minimum atomic E-state index is 0.103. The largest absolute Gasteiger partial charge is 0.462 e. The number of piperidine rings is 1. The van der Waals surface area contributed by atoms with Crippen LogP contribution in [0, 0.1) is 23.2 Å². The molecule has 23 heavy (non-hydrogen) atoms. The second-order valence-corrected chi connectivity index (χ2v) is 8.92. The molecule has 2 aliphatic heterocycles. The van der Waals surface area contributed by atoms with E-state index in [0.29, 0.717) is 17.3 Å². The van der Waals surface area contributed by atoms with Crippen LogP contribution in [0.25, 0.3) is 0 Å². The Kier molecular flexibility index (Phi) is 4.03. The summed E-state index contributed by atoms with van der Waals surface area (Å²) in [5, 5.41) is 0. The number of quaternary nitrogens is 1. The van der Waals surface area contributed by atoms with Gasteiger partial charge in [-0.2, -0.15) is 0 Å². The van der Waals surface area contributed by atoms with Gasteiger partial charge >= 0.3 is 5.97 Å². The maximum absolute atomic E-state index is 12.5. The molecule has 128 valence electrons. The Bertz CT molecular complexity index is 496. The maximum atomic E-state index is 12.5. The Labute approximate surface area is 140 Å². The molecule has 5 atom stereocenters. The van der Waals surface area contributed by atoms with Crippen LogP contribution in [0.5, 0.6) is 0 Å². The van der Waals surface area contributed by atoms with Crippen LogP contribution in [0.1, 0.15) is 58.3 Å². The third-order valence-corrected chi connectivity index (χ3v) is 7.39. The van der Waals surface area contributed by atoms with Crippen LogP contribution in [0.3, 0.4) is 0 Å². The van der Waals surface area contributed by atoms with Gasteiger partial charge in [-0.15, -0.1) is 0 Å². The van der Waals surface area contributed by atoms with Crippen LogP contribution in [0.2, 0.25) is 0 Å². The molecular formula is C20H32NO2+. The number of allylic oxidation sites excluding steroid dienone is 1. The summed E-state index contributed by atoms with van der Waals surface area (Å²) >= 11 is 0. The lowest BCUT2D eigenvalue weighted by molar-refractivity contribution is -0.907. The quantitative estimate of drug-likeness (QED) is 0.626. The van der Waals surface area contributed by atoms with Gasteiger partial charge in [0.1, 0.15) is 12.0 Å². The van der Waals surface area contributed by atoms with Crippen molar-refractivity contribution >= 4 is 5.97 Å². The van der Waals surface area contributed by atoms with E-state index >= 15 is 0 Å². The van der Waals surface area contributed by atoms with Gasteiger partial charge in [-0.05, 0) is 62.7 Å². The molecular weight excluding hydrogens is 286 g/mol. The molecule has 4 aliphatic rings. The molecule has 2 aliphatic carbocycles. The fraction of sp³-hybridized carbons (Fsp3) is 0.850. The predicted octanol–water partition coefficient (Wildman–Crippen LogP) is 2.37. The predicted molar refractivity (Wildman–Crippen MR) is 90.1 cm³/mol. The first-order valence-electron chi connectivity index (χ1n) is 9.78. The number of nitrogens with one attached hydrogen (secondary N) is 1. The average Bonchev–Trinajstić information content (AvgIpc) is 2.81. The molecule has 0 radical (unpaired) electrons. The van der Waals surface area contributed by atoms with Gasteiger partial charge in [-0.3, -0.25) is 4.79 Å². The first kappa shape index (κ1) is 15.7. The Morgan fingerprint density at radius 1 is 1.26 bits per heavy atom. The van der Waals surface area contributed by atoms with E-state index in [2.05, 4.69) is 13.5 Å². The lowest BCUT2D eigenvalue weighted by Gasteiger charge is -2.50. The summed E-state index contributed by atoms with van der Waals surface area (Å²) < 4.78 is 5.89. The van der Waals surface area contributed by atoms with Crippen LogP contribution in [-0.4, -0.2) is 31.7 Å². The zero-order chi connectivity index (χ0) is 16.0. The van der Waals surface area contributed by atoms with Crippen LogP contribution >= 0.6 is 0 Å². The summed E-state index contributed by atoms with van der Waals surface area (Å²) in [6, 6.07) is 0. The van der Waals surface area contributed by atoms with E-state index in [4.69, 9.17) is 4.74 Å². The average molecular weight is 318 g/mol. The molecule has 2 heterocycles. The fourth-order valence-corrected chi connectivity index (χ4v) is 6.06. The first-order valence-corrected chi connectivity index (χ1v) is 9.78. The highest BCUT2D eigenvalue weighted by molar-refractivity contribution is 5.75. The van der Waals surface area contributed by atoms with Crippen molar-refractivity contribution in [2.24, 2.45) is 23.2 Å². The molecule has 0 bridgehead atoms. The van der Waals surface area contributed by atoms with Gasteiger partial charge in [0.05, 0.1) is 19.6 Å². The summed E-state index contributed by atoms with van der Waals surface area (Å²) in [6.07, 6.45) is 10.1. The van der Waals surface area contributed by atoms with Gasteiger partial charge in [-0.25, -0.2) is 0 Å². The second kappa shape index (κ2) is 5.91. The molecule has 4 fully saturated rings. The molecule has 0 aromatic heterocycles. The molecule has 1 N–H and O–H groups in total. The smallest absolute Gasteiger partial charge is 0.315 e. The minimum absolute atomic E-state index is 0.103. The minimum Gasteiger partial charge on any atom is -0.462 e. The number of fused-ring (bicyclic) bond motifs is 2. The van der Waals surface area contributed by atoms with Crippen molar-refractivity contribution < 1.29 is 14.4 Å². The van der Waals surface area contributed by atoms with E-state index in [-0.39, 0.29) is 18.0 Å². The number of carbonyl (C=O) groups excluding carboxylic acids is 1. The Hall–Kier alpha value is -0.830. The number of ether oxygens (including phenoxy) is 1. The summed E-state index contributed by atoms with van der Waals surface area (Å²) in [7, 11) is 0. The maximum Gasteiger partial charge on any atom is 0.315 e. The SMILES string of the molecule is C=C1CCC[C@]2(C)C[C@H]3OC(=O)[C@@H](C[NH+]4CCCCC4)[C@H]3C[C@@H]12. The monoisotopic (exact) mass is 318 g/mol. The van der Waals surface area contributed by atoms with Crippen molar-refractivity contribution in [2.75, 3.05) is 19.6 Å². The number of hydrogen-bond donors (Lipinski definition) is 1. The number of hydrogen-bond acceptors (Lipinski definition) is 2. The molecule has 3 heteroatoms. The van der Waals surface area contributed by atoms with Crippen molar-refractivity contribution in [1.82, 2.24) is 0 Å². The van der Waals surface area contributed by atoms with E-state index < -0.39 is 0 Å². The molecule has 0 aromatic carbocycles. The highest BCUT2D eigenvalue weighted by atomic mass is 16.6. The van der Waals surface area contributed by atoms with Gasteiger partial charge in [0.25, 0.3) is 0 Å². The molecule has 0 unspecified atom stereocenters. The highest BCUT2D eigenvalue weighted by Gasteiger charge is 2.55. The van der Waals surface area contributed by atoms with Crippen molar-refractivity contribution in [3.8, 4) is 0 Å². The normalized spacial score (nSPS) is 44.6. The number of carbonyl (C=O) groups is 1. The third-order valence-electron chi connectivity index (χ3n) is 7.39. The third kappa shape index (κ3) is 2.75. The zero-order valence-electron chi connectivity index (χ0n) is 14.6. The van der Waals surface area contributed by atoms with Crippen LogP contribution in [0.15, 0.2) is 12.2 Å². The van der Waals surface area contributed by atoms with Crippen LogP contribution in [-0.2, 0) is 9.53 Å². The Morgan fingerprint density at radius 3 is 2.83 bits per heavy atom. The summed E-state index contributed by atoms with van der Waals surface area (Å²) in [5.41, 5.74) is 1.77. The molecule has 0 aromatic rings. The Balaban J connectivity index is 1.50. The van der Waals surface area contributed by atoms with Gasteiger partial charge in [-0.1, -0.05) is 19.1 Å². The number of likely N-dealkylation sites (tertiary alicyclic amines) is 1. The fourth-order valence-electron chi connectivity index (χ4n) is 6.06. The standard InChI is InChI=1S/C20H31NO2/c1-14-7-6-8-20(2)12-18-15(11-17(14)20)16(19(22)23-18)13-21-9-4-3-5-10-21/h15-18H,1,3-13H2,2H3/p+1/t15-,16+,17+,18-,20-/m1/s1. The summed E-state index contributed by atoms with van der Waals surface area (Å²) in [6.45, 7) is 10.3. The van der Waals surface area contributed by atoms with Gasteiger partial charge in [0.2, 0.25) is 0 Å². The van der Waals surface area contributed by atoms with E-state index in [1.54, 1.807) is 4.90 Å². The van der Waals surface area contributed by atoms with Crippen molar-refractivity contribution in [1.29, 1.82) is 0 Å². The van der Waals surface area contributed by atoms with Crippen LogP contribution in [0.4, 0.5) is 0 Å². The Morgan fingerprint density at radius 2 is 2.04 bits per heavy atom. The summed E-state index contributed by atoms with van der Waals surface area (Å²) in [4.78, 5) is 14.2. The van der Waals surface area contributed by atoms with E-state index in [0.717, 1.165) is 19.4 Å². The van der Waals surface area contributed by atoms with Gasteiger partial charge < -0.3 is 9.64 Å². The van der Waals surface area contributed by atoms with E-state index in [9.17, 15) is 4.79 Å².